The number of hydrogen-bond donors (Lipinski definition) is 3. The summed E-state index contributed by atoms with van der Waals surface area (Å²) in [7, 11) is 0. The number of pyridine rings is 1. The highest BCUT2D eigenvalue weighted by Crippen LogP contribution is 2.23. The Bertz CT molecular complexity index is 869. The molecule has 0 unspecified atom stereocenters. The Morgan fingerprint density at radius 1 is 1.36 bits per heavy atom. The molecule has 0 aliphatic carbocycles. The van der Waals surface area contributed by atoms with Crippen molar-refractivity contribution in [1.82, 2.24) is 10.3 Å². The number of aliphatic imine (C=N–C) groups is 1. The molecule has 0 spiro atoms. The van der Waals surface area contributed by atoms with Crippen molar-refractivity contribution in [2.45, 2.75) is 0 Å². The summed E-state index contributed by atoms with van der Waals surface area (Å²) in [4.78, 5) is 8.64. The van der Waals surface area contributed by atoms with E-state index in [4.69, 9.17) is 11.1 Å². The first-order valence-corrected chi connectivity index (χ1v) is 7.43. The summed E-state index contributed by atoms with van der Waals surface area (Å²) in [5, 5.41) is 11.3. The maximum atomic E-state index is 13.4. The Kier molecular flexibility index (Phi) is 3.88. The fraction of sp³-hybridized carbons (Fsp3) is 0. The molecule has 0 radical (unpaired) electrons. The summed E-state index contributed by atoms with van der Waals surface area (Å²) >= 11 is 2.05. The number of aromatic nitrogens is 1. The molecular weight excluding hydrogens is 396 g/mol. The van der Waals surface area contributed by atoms with Crippen LogP contribution < -0.4 is 11.1 Å². The van der Waals surface area contributed by atoms with E-state index in [-0.39, 0.29) is 5.82 Å². The third kappa shape index (κ3) is 2.84. The van der Waals surface area contributed by atoms with Gasteiger partial charge in [0.25, 0.3) is 0 Å². The molecule has 0 atom stereocenters. The molecular formula is C15H11FIN5. The van der Waals surface area contributed by atoms with Gasteiger partial charge in [0.2, 0.25) is 0 Å². The second-order valence-electron chi connectivity index (χ2n) is 4.63. The van der Waals surface area contributed by atoms with E-state index in [9.17, 15) is 4.39 Å². The monoisotopic (exact) mass is 407 g/mol. The van der Waals surface area contributed by atoms with Gasteiger partial charge in [0.15, 0.2) is 0 Å². The van der Waals surface area contributed by atoms with Crippen molar-refractivity contribution in [3.05, 3.63) is 59.6 Å². The Labute approximate surface area is 139 Å². The summed E-state index contributed by atoms with van der Waals surface area (Å²) < 4.78 is 14.1. The number of fused-ring (bicyclic) bond motifs is 1. The fourth-order valence-corrected chi connectivity index (χ4v) is 2.71. The molecule has 1 aromatic heterocycles. The number of nitrogens with one attached hydrogen (secondary N) is 2. The summed E-state index contributed by atoms with van der Waals surface area (Å²) in [6.45, 7) is 0. The van der Waals surface area contributed by atoms with Crippen LogP contribution in [0.5, 0.6) is 0 Å². The first kappa shape index (κ1) is 14.6. The molecule has 110 valence electrons. The average molecular weight is 407 g/mol. The van der Waals surface area contributed by atoms with E-state index in [1.807, 2.05) is 0 Å². The van der Waals surface area contributed by atoms with Crippen molar-refractivity contribution in [2.24, 2.45) is 10.7 Å². The Morgan fingerprint density at radius 3 is 2.91 bits per heavy atom. The number of halogens is 2. The lowest BCUT2D eigenvalue weighted by Crippen LogP contribution is -2.24. The molecule has 5 nitrogen and oxygen atoms in total. The van der Waals surface area contributed by atoms with Crippen molar-refractivity contribution in [3.8, 4) is 0 Å². The fourth-order valence-electron chi connectivity index (χ4n) is 2.13. The third-order valence-corrected chi connectivity index (χ3v) is 3.66. The minimum Gasteiger partial charge on any atom is -0.385 e. The molecule has 1 aliphatic heterocycles. The van der Waals surface area contributed by atoms with Gasteiger partial charge in [0, 0.05) is 35.0 Å². The van der Waals surface area contributed by atoms with Gasteiger partial charge in [-0.3, -0.25) is 4.98 Å². The van der Waals surface area contributed by atoms with E-state index in [1.54, 1.807) is 24.4 Å². The van der Waals surface area contributed by atoms with Gasteiger partial charge in [0.05, 0.1) is 5.52 Å². The molecule has 0 amide bonds. The van der Waals surface area contributed by atoms with Gasteiger partial charge in [-0.05, 0) is 46.9 Å². The van der Waals surface area contributed by atoms with E-state index >= 15 is 0 Å². The zero-order chi connectivity index (χ0) is 15.7. The van der Waals surface area contributed by atoms with Gasteiger partial charge in [-0.15, -0.1) is 0 Å². The van der Waals surface area contributed by atoms with E-state index in [0.29, 0.717) is 37.4 Å². The average Bonchev–Trinajstić information content (AvgIpc) is 2.46. The number of rotatable bonds is 2. The first-order chi connectivity index (χ1) is 10.6. The van der Waals surface area contributed by atoms with Crippen molar-refractivity contribution in [3.63, 3.8) is 0 Å². The molecule has 0 saturated carbocycles. The maximum Gasteiger partial charge on any atom is 0.142 e. The largest absolute Gasteiger partial charge is 0.385 e. The Morgan fingerprint density at radius 2 is 2.18 bits per heavy atom. The molecule has 2 aromatic rings. The lowest BCUT2D eigenvalue weighted by atomic mass is 10.1. The number of hydrogen-bond acceptors (Lipinski definition) is 5. The van der Waals surface area contributed by atoms with Crippen LogP contribution in [-0.4, -0.2) is 14.9 Å². The van der Waals surface area contributed by atoms with Crippen LogP contribution in [0.25, 0.3) is 16.5 Å². The van der Waals surface area contributed by atoms with E-state index in [2.05, 4.69) is 37.9 Å². The van der Waals surface area contributed by atoms with E-state index < -0.39 is 0 Å². The van der Waals surface area contributed by atoms with Gasteiger partial charge in [-0.25, -0.2) is 9.38 Å². The predicted octanol–water partition coefficient (Wildman–Crippen LogP) is 2.93. The molecule has 0 saturated heterocycles. The quantitative estimate of drug-likeness (QED) is 0.529. The topological polar surface area (TPSA) is 87.2 Å². The minimum absolute atomic E-state index is 0.328. The molecule has 4 N–H and O–H groups in total. The van der Waals surface area contributed by atoms with Crippen LogP contribution in [0.15, 0.2) is 53.2 Å². The van der Waals surface area contributed by atoms with E-state index in [0.717, 1.165) is 0 Å². The van der Waals surface area contributed by atoms with Crippen molar-refractivity contribution in [2.75, 3.05) is 0 Å². The highest BCUT2D eigenvalue weighted by Gasteiger charge is 2.13. The zero-order valence-corrected chi connectivity index (χ0v) is 13.4. The van der Waals surface area contributed by atoms with Crippen LogP contribution in [0.2, 0.25) is 0 Å². The Hall–Kier alpha value is -2.29. The maximum absolute atomic E-state index is 13.4. The summed E-state index contributed by atoms with van der Waals surface area (Å²) in [6, 6.07) is 6.17. The number of benzene rings is 1. The highest BCUT2D eigenvalue weighted by molar-refractivity contribution is 14.1. The van der Waals surface area contributed by atoms with Crippen LogP contribution in [0.4, 0.5) is 4.39 Å². The molecule has 22 heavy (non-hydrogen) atoms. The molecule has 2 heterocycles. The lowest BCUT2D eigenvalue weighted by molar-refractivity contribution is 0.629. The predicted molar refractivity (Wildman–Crippen MR) is 94.3 cm³/mol. The third-order valence-electron chi connectivity index (χ3n) is 3.11. The standard InChI is InChI=1S/C15H11FIN5/c16-10-1-2-12-8(4-10)3-9(7-20-12)11(6-18)15-21-13(17)5-14(19)22-15/h1-7,18,22H,19H2/b15-11+,18-6?. The lowest BCUT2D eigenvalue weighted by Gasteiger charge is -2.15. The van der Waals surface area contributed by atoms with Crippen LogP contribution in [0, 0.1) is 11.2 Å². The molecule has 1 aromatic carbocycles. The summed E-state index contributed by atoms with van der Waals surface area (Å²) in [5.74, 6) is 0.594. The van der Waals surface area contributed by atoms with Gasteiger partial charge in [-0.1, -0.05) is 0 Å². The van der Waals surface area contributed by atoms with E-state index in [1.165, 1.54) is 18.3 Å². The van der Waals surface area contributed by atoms with Gasteiger partial charge in [-0.2, -0.15) is 0 Å². The van der Waals surface area contributed by atoms with Crippen molar-refractivity contribution < 1.29 is 4.39 Å². The smallest absolute Gasteiger partial charge is 0.142 e. The molecule has 0 bridgehead atoms. The van der Waals surface area contributed by atoms with Gasteiger partial charge < -0.3 is 16.5 Å². The second-order valence-corrected chi connectivity index (χ2v) is 5.73. The SMILES string of the molecule is N=C/C(=C1/N=C(I)C=C(N)N1)c1cnc2ccc(F)cc2c1. The second kappa shape index (κ2) is 5.84. The van der Waals surface area contributed by atoms with Crippen LogP contribution in [0.3, 0.4) is 0 Å². The normalized spacial score (nSPS) is 16.6. The number of nitrogens with two attached hydrogens (primary N) is 1. The zero-order valence-electron chi connectivity index (χ0n) is 11.3. The molecule has 3 rings (SSSR count). The highest BCUT2D eigenvalue weighted by atomic mass is 127. The summed E-state index contributed by atoms with van der Waals surface area (Å²) in [5.41, 5.74) is 7.67. The first-order valence-electron chi connectivity index (χ1n) is 6.35. The van der Waals surface area contributed by atoms with Crippen LogP contribution in [-0.2, 0) is 0 Å². The van der Waals surface area contributed by atoms with Gasteiger partial charge in [0.1, 0.15) is 21.2 Å². The van der Waals surface area contributed by atoms with Gasteiger partial charge >= 0.3 is 0 Å². The summed E-state index contributed by atoms with van der Waals surface area (Å²) in [6.07, 6.45) is 4.50. The number of nitrogens with zero attached hydrogens (tertiary/aromatic N) is 2. The van der Waals surface area contributed by atoms with Crippen LogP contribution >= 0.6 is 22.6 Å². The van der Waals surface area contributed by atoms with Crippen molar-refractivity contribution in [1.29, 1.82) is 5.41 Å². The Balaban J connectivity index is 2.15. The molecule has 0 fully saturated rings. The molecule has 1 aliphatic rings. The number of allylic oxidation sites excluding steroid dienone is 2. The minimum atomic E-state index is -0.328. The van der Waals surface area contributed by atoms with Crippen LogP contribution in [0.1, 0.15) is 5.56 Å². The molecule has 7 heteroatoms. The van der Waals surface area contributed by atoms with Crippen molar-refractivity contribution >= 4 is 49.0 Å².